The Kier molecular flexibility index (Phi) is 33.7. The first-order valence-corrected chi connectivity index (χ1v) is 19.1. The lowest BCUT2D eigenvalue weighted by Gasteiger charge is -2.15. The number of allylic oxidation sites excluding steroid dienone is 3. The van der Waals surface area contributed by atoms with Crippen LogP contribution >= 0.6 is 0 Å². The largest absolute Gasteiger partial charge is 0.478 e. The summed E-state index contributed by atoms with van der Waals surface area (Å²) in [5.41, 5.74) is 0. The summed E-state index contributed by atoms with van der Waals surface area (Å²) in [6.45, 7) is 4.99. The van der Waals surface area contributed by atoms with Crippen LogP contribution in [0.2, 0.25) is 0 Å². The highest BCUT2D eigenvalue weighted by Crippen LogP contribution is 2.15. The maximum Gasteiger partial charge on any atom is 0.331 e. The number of esters is 2. The number of aliphatic carboxylic acids is 1. The predicted molar refractivity (Wildman–Crippen MR) is 192 cm³/mol. The maximum atomic E-state index is 12.0. The van der Waals surface area contributed by atoms with Gasteiger partial charge in [-0.2, -0.15) is 0 Å². The lowest BCUT2D eigenvalue weighted by atomic mass is 10.1. The molecule has 0 aromatic carbocycles. The van der Waals surface area contributed by atoms with E-state index in [1.54, 1.807) is 0 Å². The summed E-state index contributed by atoms with van der Waals surface area (Å²) in [4.78, 5) is 34.5. The molecule has 1 N–H and O–H groups in total. The second-order valence-corrected chi connectivity index (χ2v) is 12.8. The average Bonchev–Trinajstić information content (AvgIpc) is 3.04. The highest BCUT2D eigenvalue weighted by molar-refractivity contribution is 5.90. The number of carbonyl (C=O) groups excluding carboxylic acids is 2. The summed E-state index contributed by atoms with van der Waals surface area (Å²) < 4.78 is 10.9. The molecule has 266 valence electrons. The van der Waals surface area contributed by atoms with Crippen molar-refractivity contribution in [3.8, 4) is 0 Å². The van der Waals surface area contributed by atoms with Crippen LogP contribution in [0.15, 0.2) is 36.5 Å². The molecule has 0 fully saturated rings. The molecule has 0 spiro atoms. The van der Waals surface area contributed by atoms with Gasteiger partial charge in [-0.1, -0.05) is 134 Å². The van der Waals surface area contributed by atoms with E-state index in [0.717, 1.165) is 95.6 Å². The molecule has 0 saturated carbocycles. The van der Waals surface area contributed by atoms with Crippen LogP contribution in [0.5, 0.6) is 0 Å². The monoisotopic (exact) mass is 647 g/mol. The highest BCUT2D eigenvalue weighted by atomic mass is 16.5. The predicted octanol–water partition coefficient (Wildman–Crippen LogP) is 11.8. The molecule has 6 nitrogen and oxygen atoms in total. The van der Waals surface area contributed by atoms with Crippen LogP contribution in [0.3, 0.4) is 0 Å². The second-order valence-electron chi connectivity index (χ2n) is 12.8. The van der Waals surface area contributed by atoms with E-state index in [0.29, 0.717) is 19.4 Å². The summed E-state index contributed by atoms with van der Waals surface area (Å²) in [6.07, 6.45) is 41.0. The molecule has 0 bridgehead atoms. The molecule has 0 aromatic rings. The minimum atomic E-state index is -1.16. The van der Waals surface area contributed by atoms with Crippen molar-refractivity contribution in [2.45, 2.75) is 193 Å². The fourth-order valence-corrected chi connectivity index (χ4v) is 5.40. The fraction of sp³-hybridized carbons (Fsp3) is 0.775. The highest BCUT2D eigenvalue weighted by Gasteiger charge is 2.11. The third-order valence-corrected chi connectivity index (χ3v) is 8.26. The van der Waals surface area contributed by atoms with Crippen LogP contribution < -0.4 is 0 Å². The molecule has 0 aliphatic rings. The Balaban J connectivity index is 3.66. The molecule has 0 saturated heterocycles. The smallest absolute Gasteiger partial charge is 0.331 e. The van der Waals surface area contributed by atoms with Crippen LogP contribution in [0, 0.1) is 0 Å². The quantitative estimate of drug-likeness (QED) is 0.0324. The molecule has 0 heterocycles. The van der Waals surface area contributed by atoms with E-state index < -0.39 is 11.9 Å². The van der Waals surface area contributed by atoms with E-state index in [4.69, 9.17) is 14.6 Å². The van der Waals surface area contributed by atoms with Crippen LogP contribution in [0.4, 0.5) is 0 Å². The zero-order chi connectivity index (χ0) is 33.8. The number of rotatable bonds is 34. The molecular weight excluding hydrogens is 576 g/mol. The molecule has 46 heavy (non-hydrogen) atoms. The van der Waals surface area contributed by atoms with Crippen molar-refractivity contribution in [3.05, 3.63) is 36.5 Å². The van der Waals surface area contributed by atoms with E-state index in [-0.39, 0.29) is 12.1 Å². The molecule has 0 rings (SSSR count). The lowest BCUT2D eigenvalue weighted by Crippen LogP contribution is -2.16. The topological polar surface area (TPSA) is 89.9 Å². The van der Waals surface area contributed by atoms with Crippen molar-refractivity contribution in [2.24, 2.45) is 0 Å². The van der Waals surface area contributed by atoms with Crippen molar-refractivity contribution in [1.82, 2.24) is 0 Å². The zero-order valence-electron chi connectivity index (χ0n) is 29.8. The molecule has 0 unspecified atom stereocenters. The van der Waals surface area contributed by atoms with Gasteiger partial charge in [0, 0.05) is 25.0 Å². The Hall–Kier alpha value is -2.37. The van der Waals surface area contributed by atoms with Crippen molar-refractivity contribution in [2.75, 3.05) is 6.61 Å². The van der Waals surface area contributed by atoms with Gasteiger partial charge in [0.1, 0.15) is 6.10 Å². The number of carbonyl (C=O) groups is 3. The van der Waals surface area contributed by atoms with Crippen LogP contribution in [-0.4, -0.2) is 35.7 Å². The van der Waals surface area contributed by atoms with E-state index in [9.17, 15) is 14.4 Å². The number of ether oxygens (including phenoxy) is 2. The third-order valence-electron chi connectivity index (χ3n) is 8.26. The number of unbranched alkanes of at least 4 members (excludes halogenated alkanes) is 20. The minimum absolute atomic E-state index is 0.0564. The zero-order valence-corrected chi connectivity index (χ0v) is 29.8. The van der Waals surface area contributed by atoms with Gasteiger partial charge >= 0.3 is 17.9 Å². The van der Waals surface area contributed by atoms with Gasteiger partial charge < -0.3 is 14.6 Å². The SMILES string of the molecule is CCCCCCCC/C=C\CCCCCCCCOC(=O)CCCCCCC/C=C\C[C@@H](CCCCCC)OC(=O)/C=C/C(=O)O. The van der Waals surface area contributed by atoms with Gasteiger partial charge in [0.05, 0.1) is 6.61 Å². The number of hydrogen-bond donors (Lipinski definition) is 1. The number of hydrogen-bond acceptors (Lipinski definition) is 5. The Morgan fingerprint density at radius 2 is 1.04 bits per heavy atom. The van der Waals surface area contributed by atoms with E-state index in [1.807, 2.05) is 0 Å². The second kappa shape index (κ2) is 35.5. The fourth-order valence-electron chi connectivity index (χ4n) is 5.40. The average molecular weight is 647 g/mol. The minimum Gasteiger partial charge on any atom is -0.478 e. The normalized spacial score (nSPS) is 12.4. The Bertz CT molecular complexity index is 800. The van der Waals surface area contributed by atoms with Crippen molar-refractivity contribution in [1.29, 1.82) is 0 Å². The summed E-state index contributed by atoms with van der Waals surface area (Å²) in [5, 5.41) is 8.70. The first-order chi connectivity index (χ1) is 22.5. The number of carboxylic acids is 1. The van der Waals surface area contributed by atoms with Crippen LogP contribution in [0.1, 0.15) is 187 Å². The molecular formula is C40H70O6. The molecule has 0 amide bonds. The Morgan fingerprint density at radius 1 is 0.565 bits per heavy atom. The summed E-state index contributed by atoms with van der Waals surface area (Å²) >= 11 is 0. The molecule has 1 atom stereocenters. The maximum absolute atomic E-state index is 12.0. The van der Waals surface area contributed by atoms with E-state index in [2.05, 4.69) is 38.2 Å². The van der Waals surface area contributed by atoms with Crippen molar-refractivity contribution >= 4 is 17.9 Å². The molecule has 6 heteroatoms. The first-order valence-electron chi connectivity index (χ1n) is 19.1. The van der Waals surface area contributed by atoms with Gasteiger partial charge in [-0.25, -0.2) is 9.59 Å². The Morgan fingerprint density at radius 3 is 1.61 bits per heavy atom. The van der Waals surface area contributed by atoms with E-state index >= 15 is 0 Å². The molecule has 0 aliphatic carbocycles. The van der Waals surface area contributed by atoms with Crippen molar-refractivity contribution < 1.29 is 29.0 Å². The van der Waals surface area contributed by atoms with Gasteiger partial charge in [0.15, 0.2) is 0 Å². The number of carboxylic acid groups (broad SMARTS) is 1. The third kappa shape index (κ3) is 34.5. The van der Waals surface area contributed by atoms with Gasteiger partial charge in [-0.3, -0.25) is 4.79 Å². The molecule has 0 aliphatic heterocycles. The van der Waals surface area contributed by atoms with E-state index in [1.165, 1.54) is 77.0 Å². The molecule has 0 aromatic heterocycles. The first kappa shape index (κ1) is 43.6. The lowest BCUT2D eigenvalue weighted by molar-refractivity contribution is -0.144. The molecule has 0 radical (unpaired) electrons. The van der Waals surface area contributed by atoms with Gasteiger partial charge in [0.2, 0.25) is 0 Å². The van der Waals surface area contributed by atoms with Gasteiger partial charge in [-0.05, 0) is 64.2 Å². The van der Waals surface area contributed by atoms with Crippen molar-refractivity contribution in [3.63, 3.8) is 0 Å². The summed E-state index contributed by atoms with van der Waals surface area (Å²) in [5.74, 6) is -1.81. The van der Waals surface area contributed by atoms with Crippen LogP contribution in [-0.2, 0) is 23.9 Å². The van der Waals surface area contributed by atoms with Crippen LogP contribution in [0.25, 0.3) is 0 Å². The van der Waals surface area contributed by atoms with Gasteiger partial charge in [0.25, 0.3) is 0 Å². The summed E-state index contributed by atoms with van der Waals surface area (Å²) in [6, 6.07) is 0. The standard InChI is InChI=1S/C40H70O6/c1-3-5-7-9-10-11-12-13-14-15-16-17-20-23-26-30-36-45-39(43)33-29-25-22-19-18-21-24-28-32-37(31-27-8-6-4-2)46-40(44)35-34-38(41)42/h13-14,24,28,34-35,37H,3-12,15-23,25-27,29-33,36H2,1-2H3,(H,41,42)/b14-13-,28-24-,35-34+/t37-/m1/s1. The van der Waals surface area contributed by atoms with Gasteiger partial charge in [-0.15, -0.1) is 0 Å². The Labute approximate surface area is 282 Å². The summed E-state index contributed by atoms with van der Waals surface area (Å²) in [7, 11) is 0.